The average Bonchev–Trinajstić information content (AvgIpc) is 3.08. The lowest BCUT2D eigenvalue weighted by atomic mass is 10.1. The number of amides is 1. The zero-order valence-corrected chi connectivity index (χ0v) is 13.8. The number of halogens is 3. The van der Waals surface area contributed by atoms with E-state index in [0.717, 1.165) is 17.6 Å². The fourth-order valence-electron chi connectivity index (χ4n) is 2.73. The van der Waals surface area contributed by atoms with Crippen molar-refractivity contribution in [1.82, 2.24) is 14.9 Å². The summed E-state index contributed by atoms with van der Waals surface area (Å²) in [6, 6.07) is 9.97. The first-order valence-electron chi connectivity index (χ1n) is 7.97. The SMILES string of the molecule is NCCN(Cc1cccc(C(F)(F)F)c1)C(=O)c1ccc2nc[nH]c2c1. The summed E-state index contributed by atoms with van der Waals surface area (Å²) in [6.45, 7) is 0.480. The zero-order valence-electron chi connectivity index (χ0n) is 13.8. The first kappa shape index (κ1) is 17.9. The van der Waals surface area contributed by atoms with Gasteiger partial charge in [0.15, 0.2) is 0 Å². The fourth-order valence-corrected chi connectivity index (χ4v) is 2.73. The van der Waals surface area contributed by atoms with Gasteiger partial charge >= 0.3 is 6.18 Å². The van der Waals surface area contributed by atoms with Crippen LogP contribution in [0.25, 0.3) is 11.0 Å². The van der Waals surface area contributed by atoms with Gasteiger partial charge < -0.3 is 15.6 Å². The van der Waals surface area contributed by atoms with Crippen LogP contribution in [0.1, 0.15) is 21.5 Å². The predicted molar refractivity (Wildman–Crippen MR) is 91.3 cm³/mol. The molecule has 26 heavy (non-hydrogen) atoms. The third kappa shape index (κ3) is 3.85. The van der Waals surface area contributed by atoms with Crippen LogP contribution >= 0.6 is 0 Å². The molecule has 0 bridgehead atoms. The van der Waals surface area contributed by atoms with E-state index in [4.69, 9.17) is 5.73 Å². The van der Waals surface area contributed by atoms with Gasteiger partial charge in [0, 0.05) is 25.2 Å². The number of nitrogens with one attached hydrogen (secondary N) is 1. The van der Waals surface area contributed by atoms with Crippen molar-refractivity contribution < 1.29 is 18.0 Å². The number of nitrogens with two attached hydrogens (primary N) is 1. The molecule has 2 aromatic carbocycles. The summed E-state index contributed by atoms with van der Waals surface area (Å²) in [5.41, 5.74) is 7.09. The summed E-state index contributed by atoms with van der Waals surface area (Å²) in [7, 11) is 0. The van der Waals surface area contributed by atoms with Gasteiger partial charge in [0.25, 0.3) is 5.91 Å². The molecule has 0 radical (unpaired) electrons. The highest BCUT2D eigenvalue weighted by molar-refractivity contribution is 5.97. The van der Waals surface area contributed by atoms with Crippen LogP contribution in [0.5, 0.6) is 0 Å². The van der Waals surface area contributed by atoms with E-state index in [1.54, 1.807) is 24.3 Å². The molecule has 8 heteroatoms. The number of benzene rings is 2. The molecule has 0 spiro atoms. The minimum absolute atomic E-state index is 0.0426. The molecule has 1 amide bonds. The topological polar surface area (TPSA) is 75.0 Å². The van der Waals surface area contributed by atoms with Crippen molar-refractivity contribution in [1.29, 1.82) is 0 Å². The minimum Gasteiger partial charge on any atom is -0.345 e. The van der Waals surface area contributed by atoms with Gasteiger partial charge in [-0.05, 0) is 35.9 Å². The molecule has 3 rings (SSSR count). The zero-order chi connectivity index (χ0) is 18.7. The lowest BCUT2D eigenvalue weighted by Crippen LogP contribution is -2.35. The third-order valence-electron chi connectivity index (χ3n) is 3.98. The van der Waals surface area contributed by atoms with Gasteiger partial charge in [0.1, 0.15) is 0 Å². The molecule has 0 saturated heterocycles. The Morgan fingerprint density at radius 3 is 2.73 bits per heavy atom. The maximum absolute atomic E-state index is 12.9. The van der Waals surface area contributed by atoms with Crippen molar-refractivity contribution in [3.05, 3.63) is 65.5 Å². The molecule has 0 saturated carbocycles. The lowest BCUT2D eigenvalue weighted by Gasteiger charge is -2.23. The number of nitrogens with zero attached hydrogens (tertiary/aromatic N) is 2. The van der Waals surface area contributed by atoms with E-state index in [0.29, 0.717) is 16.6 Å². The van der Waals surface area contributed by atoms with E-state index in [2.05, 4.69) is 9.97 Å². The number of hydrogen-bond donors (Lipinski definition) is 2. The molecule has 0 aliphatic rings. The summed E-state index contributed by atoms with van der Waals surface area (Å²) in [4.78, 5) is 21.3. The molecular formula is C18H17F3N4O. The van der Waals surface area contributed by atoms with Crippen LogP contribution in [0.2, 0.25) is 0 Å². The molecule has 3 N–H and O–H groups in total. The van der Waals surface area contributed by atoms with Gasteiger partial charge in [-0.25, -0.2) is 4.98 Å². The second kappa shape index (κ2) is 7.17. The van der Waals surface area contributed by atoms with Crippen molar-refractivity contribution in [3.63, 3.8) is 0 Å². The van der Waals surface area contributed by atoms with E-state index in [1.807, 2.05) is 0 Å². The number of rotatable bonds is 5. The van der Waals surface area contributed by atoms with Gasteiger partial charge in [0.05, 0.1) is 22.9 Å². The molecule has 5 nitrogen and oxygen atoms in total. The number of fused-ring (bicyclic) bond motifs is 1. The number of imidazole rings is 1. The molecule has 0 aliphatic heterocycles. The molecule has 1 aromatic heterocycles. The van der Waals surface area contributed by atoms with Crippen LogP contribution < -0.4 is 5.73 Å². The number of carbonyl (C=O) groups excluding carboxylic acids is 1. The lowest BCUT2D eigenvalue weighted by molar-refractivity contribution is -0.137. The summed E-state index contributed by atoms with van der Waals surface area (Å²) >= 11 is 0. The molecule has 3 aromatic rings. The Morgan fingerprint density at radius 2 is 2.00 bits per heavy atom. The van der Waals surface area contributed by atoms with Gasteiger partial charge in [-0.2, -0.15) is 13.2 Å². The third-order valence-corrected chi connectivity index (χ3v) is 3.98. The Kier molecular flexibility index (Phi) is 4.94. The fraction of sp³-hybridized carbons (Fsp3) is 0.222. The largest absolute Gasteiger partial charge is 0.416 e. The Morgan fingerprint density at radius 1 is 1.19 bits per heavy atom. The highest BCUT2D eigenvalue weighted by Gasteiger charge is 2.30. The normalized spacial score (nSPS) is 11.7. The van der Waals surface area contributed by atoms with Crippen molar-refractivity contribution in [3.8, 4) is 0 Å². The predicted octanol–water partition coefficient (Wildman–Crippen LogP) is 3.18. The van der Waals surface area contributed by atoms with Gasteiger partial charge in [-0.1, -0.05) is 12.1 Å². The maximum Gasteiger partial charge on any atom is 0.416 e. The van der Waals surface area contributed by atoms with Crippen molar-refractivity contribution >= 4 is 16.9 Å². The molecular weight excluding hydrogens is 345 g/mol. The molecule has 0 fully saturated rings. The second-order valence-electron chi connectivity index (χ2n) is 5.85. The van der Waals surface area contributed by atoms with Crippen LogP contribution in [0.15, 0.2) is 48.8 Å². The molecule has 0 unspecified atom stereocenters. The smallest absolute Gasteiger partial charge is 0.345 e. The highest BCUT2D eigenvalue weighted by atomic mass is 19.4. The monoisotopic (exact) mass is 362 g/mol. The van der Waals surface area contributed by atoms with Crippen LogP contribution in [-0.2, 0) is 12.7 Å². The maximum atomic E-state index is 12.9. The van der Waals surface area contributed by atoms with Crippen molar-refractivity contribution in [2.24, 2.45) is 5.73 Å². The molecule has 0 atom stereocenters. The number of H-pyrrole nitrogens is 1. The Balaban J connectivity index is 1.85. The number of alkyl halides is 3. The van der Waals surface area contributed by atoms with Gasteiger partial charge in [-0.15, -0.1) is 0 Å². The molecule has 136 valence electrons. The highest BCUT2D eigenvalue weighted by Crippen LogP contribution is 2.29. The number of carbonyl (C=O) groups is 1. The Hall–Kier alpha value is -2.87. The van der Waals surface area contributed by atoms with E-state index in [-0.39, 0.29) is 25.5 Å². The van der Waals surface area contributed by atoms with Crippen molar-refractivity contribution in [2.75, 3.05) is 13.1 Å². The Labute approximate surface area is 147 Å². The number of aromatic nitrogens is 2. The van der Waals surface area contributed by atoms with Crippen LogP contribution in [0.4, 0.5) is 13.2 Å². The average molecular weight is 362 g/mol. The summed E-state index contributed by atoms with van der Waals surface area (Å²) < 4.78 is 38.7. The van der Waals surface area contributed by atoms with E-state index in [9.17, 15) is 18.0 Å². The van der Waals surface area contributed by atoms with E-state index < -0.39 is 11.7 Å². The van der Waals surface area contributed by atoms with E-state index >= 15 is 0 Å². The molecule has 1 heterocycles. The number of aromatic amines is 1. The second-order valence-corrected chi connectivity index (χ2v) is 5.85. The summed E-state index contributed by atoms with van der Waals surface area (Å²) in [6.07, 6.45) is -2.90. The minimum atomic E-state index is -4.43. The van der Waals surface area contributed by atoms with Crippen LogP contribution in [0, 0.1) is 0 Å². The van der Waals surface area contributed by atoms with Gasteiger partial charge in [0.2, 0.25) is 0 Å². The first-order valence-corrected chi connectivity index (χ1v) is 7.97. The van der Waals surface area contributed by atoms with Crippen LogP contribution in [-0.4, -0.2) is 33.9 Å². The van der Waals surface area contributed by atoms with Gasteiger partial charge in [-0.3, -0.25) is 4.79 Å². The standard InChI is InChI=1S/C18H17F3N4O/c19-18(20,21)14-3-1-2-12(8-14)10-25(7-6-22)17(26)13-4-5-15-16(9-13)24-11-23-15/h1-5,8-9,11H,6-7,10,22H2,(H,23,24). The molecule has 0 aliphatic carbocycles. The van der Waals surface area contributed by atoms with Crippen molar-refractivity contribution in [2.45, 2.75) is 12.7 Å². The van der Waals surface area contributed by atoms with Crippen LogP contribution in [0.3, 0.4) is 0 Å². The van der Waals surface area contributed by atoms with E-state index in [1.165, 1.54) is 17.3 Å². The quantitative estimate of drug-likeness (QED) is 0.732. The Bertz CT molecular complexity index is 920. The summed E-state index contributed by atoms with van der Waals surface area (Å²) in [5, 5.41) is 0. The number of hydrogen-bond acceptors (Lipinski definition) is 3. The first-order chi connectivity index (χ1) is 12.4. The summed E-state index contributed by atoms with van der Waals surface area (Å²) in [5.74, 6) is -0.302.